The third-order valence-corrected chi connectivity index (χ3v) is 5.17. The summed E-state index contributed by atoms with van der Waals surface area (Å²) in [6.07, 6.45) is 0.750. The predicted octanol–water partition coefficient (Wildman–Crippen LogP) is 5.73. The molecule has 0 aliphatic rings. The van der Waals surface area contributed by atoms with E-state index in [0.29, 0.717) is 5.69 Å². The van der Waals surface area contributed by atoms with E-state index < -0.39 is 5.97 Å². The van der Waals surface area contributed by atoms with Crippen LogP contribution >= 0.6 is 0 Å². The van der Waals surface area contributed by atoms with Crippen molar-refractivity contribution in [3.05, 3.63) is 84.4 Å². The highest BCUT2D eigenvalue weighted by Gasteiger charge is 2.13. The van der Waals surface area contributed by atoms with Gasteiger partial charge in [0.2, 0.25) is 6.41 Å². The van der Waals surface area contributed by atoms with Crippen molar-refractivity contribution in [2.45, 2.75) is 0 Å². The van der Waals surface area contributed by atoms with Crippen molar-refractivity contribution in [1.82, 2.24) is 4.90 Å². The Balaban J connectivity index is 0.000000418. The highest BCUT2D eigenvalue weighted by Crippen LogP contribution is 2.38. The van der Waals surface area contributed by atoms with E-state index in [4.69, 9.17) is 0 Å². The fraction of sp³-hybridized carbons (Fsp3) is 0.0769. The number of anilines is 2. The zero-order valence-electron chi connectivity index (χ0n) is 17.3. The van der Waals surface area contributed by atoms with Crippen LogP contribution in [0.1, 0.15) is 10.4 Å². The number of carbonyl (C=O) groups excluding carboxylic acids is 1. The number of aromatic carboxylic acids is 1. The van der Waals surface area contributed by atoms with Crippen LogP contribution in [0.3, 0.4) is 0 Å². The Labute approximate surface area is 179 Å². The number of nitrogens with one attached hydrogen (secondary N) is 1. The van der Waals surface area contributed by atoms with E-state index in [-0.39, 0.29) is 5.56 Å². The number of carboxylic acid groups (broad SMARTS) is 1. The number of amides is 1. The number of para-hydroxylation sites is 1. The number of carboxylic acids is 1. The predicted molar refractivity (Wildman–Crippen MR) is 127 cm³/mol. The maximum Gasteiger partial charge on any atom is 0.337 e. The molecule has 0 bridgehead atoms. The summed E-state index contributed by atoms with van der Waals surface area (Å²) < 4.78 is 0. The highest BCUT2D eigenvalue weighted by molar-refractivity contribution is 6.25. The van der Waals surface area contributed by atoms with E-state index in [0.717, 1.165) is 17.5 Å². The van der Waals surface area contributed by atoms with Gasteiger partial charge in [0.15, 0.2) is 0 Å². The van der Waals surface area contributed by atoms with Gasteiger partial charge in [-0.2, -0.15) is 0 Å². The van der Waals surface area contributed by atoms with Gasteiger partial charge in [0, 0.05) is 25.2 Å². The smallest absolute Gasteiger partial charge is 0.337 e. The highest BCUT2D eigenvalue weighted by atomic mass is 16.4. The molecule has 0 aliphatic heterocycles. The standard InChI is InChI=1S/C23H15NO2.C3H7NO/c25-23(26)18-6-1-2-7-19(18)24-20-13-11-16-9-8-14-4-3-5-15-10-12-17(20)22(16)21(14)15;1-4(2)3-5/h1-13,24H,(H,25,26);3H,1-2H3. The number of rotatable bonds is 4. The van der Waals surface area contributed by atoms with Crippen molar-refractivity contribution >= 4 is 56.1 Å². The molecule has 0 spiro atoms. The van der Waals surface area contributed by atoms with Crippen LogP contribution in [-0.4, -0.2) is 36.5 Å². The van der Waals surface area contributed by atoms with E-state index in [2.05, 4.69) is 53.8 Å². The maximum absolute atomic E-state index is 11.5. The van der Waals surface area contributed by atoms with E-state index in [1.54, 1.807) is 32.3 Å². The fourth-order valence-electron chi connectivity index (χ4n) is 3.77. The van der Waals surface area contributed by atoms with Gasteiger partial charge in [-0.1, -0.05) is 60.7 Å². The van der Waals surface area contributed by atoms with Gasteiger partial charge in [0.1, 0.15) is 0 Å². The quantitative estimate of drug-likeness (QED) is 0.293. The van der Waals surface area contributed by atoms with Crippen molar-refractivity contribution in [2.75, 3.05) is 19.4 Å². The van der Waals surface area contributed by atoms with Gasteiger partial charge in [-0.05, 0) is 45.1 Å². The van der Waals surface area contributed by atoms with Gasteiger partial charge in [-0.3, -0.25) is 4.79 Å². The molecule has 5 nitrogen and oxygen atoms in total. The number of hydrogen-bond acceptors (Lipinski definition) is 3. The normalized spacial score (nSPS) is 10.6. The molecular formula is C26H22N2O3. The molecule has 5 heteroatoms. The van der Waals surface area contributed by atoms with Gasteiger partial charge in [0.25, 0.3) is 0 Å². The van der Waals surface area contributed by atoms with Crippen LogP contribution in [0.25, 0.3) is 32.3 Å². The molecule has 0 fully saturated rings. The lowest BCUT2D eigenvalue weighted by molar-refractivity contribution is -0.115. The molecular weight excluding hydrogens is 388 g/mol. The summed E-state index contributed by atoms with van der Waals surface area (Å²) in [6.45, 7) is 0. The van der Waals surface area contributed by atoms with Gasteiger partial charge in [-0.25, -0.2) is 4.79 Å². The molecule has 0 atom stereocenters. The fourth-order valence-corrected chi connectivity index (χ4v) is 3.77. The molecule has 0 radical (unpaired) electrons. The number of nitrogens with zero attached hydrogens (tertiary/aromatic N) is 1. The van der Waals surface area contributed by atoms with Crippen LogP contribution in [0.2, 0.25) is 0 Å². The minimum atomic E-state index is -0.939. The minimum absolute atomic E-state index is 0.262. The van der Waals surface area contributed by atoms with Gasteiger partial charge in [-0.15, -0.1) is 0 Å². The largest absolute Gasteiger partial charge is 0.478 e. The Bertz CT molecular complexity index is 1380. The molecule has 0 saturated carbocycles. The van der Waals surface area contributed by atoms with Crippen LogP contribution in [0.15, 0.2) is 78.9 Å². The second kappa shape index (κ2) is 8.32. The van der Waals surface area contributed by atoms with Crippen molar-refractivity contribution in [3.8, 4) is 0 Å². The second-order valence-corrected chi connectivity index (χ2v) is 7.51. The summed E-state index contributed by atoms with van der Waals surface area (Å²) in [5.41, 5.74) is 1.76. The molecule has 31 heavy (non-hydrogen) atoms. The second-order valence-electron chi connectivity index (χ2n) is 7.51. The van der Waals surface area contributed by atoms with Crippen LogP contribution in [0.5, 0.6) is 0 Å². The van der Waals surface area contributed by atoms with Crippen molar-refractivity contribution in [1.29, 1.82) is 0 Å². The molecule has 0 unspecified atom stereocenters. The maximum atomic E-state index is 11.5. The van der Waals surface area contributed by atoms with E-state index in [9.17, 15) is 14.7 Å². The zero-order valence-corrected chi connectivity index (χ0v) is 17.3. The molecule has 5 aromatic carbocycles. The van der Waals surface area contributed by atoms with Crippen LogP contribution in [0, 0.1) is 0 Å². The molecule has 0 aliphatic carbocycles. The van der Waals surface area contributed by atoms with Gasteiger partial charge >= 0.3 is 5.97 Å². The Hall–Kier alpha value is -4.12. The Morgan fingerprint density at radius 1 is 0.774 bits per heavy atom. The summed E-state index contributed by atoms with van der Waals surface area (Å²) in [7, 11) is 3.38. The molecule has 0 saturated heterocycles. The Kier molecular flexibility index (Phi) is 5.41. The molecule has 2 N–H and O–H groups in total. The summed E-state index contributed by atoms with van der Waals surface area (Å²) in [5.74, 6) is -0.939. The summed E-state index contributed by atoms with van der Waals surface area (Å²) in [6, 6.07) is 25.9. The lowest BCUT2D eigenvalue weighted by Gasteiger charge is -2.16. The molecule has 154 valence electrons. The third kappa shape index (κ3) is 3.85. The van der Waals surface area contributed by atoms with Crippen LogP contribution in [-0.2, 0) is 4.79 Å². The van der Waals surface area contributed by atoms with Crippen molar-refractivity contribution in [2.24, 2.45) is 0 Å². The van der Waals surface area contributed by atoms with Gasteiger partial charge < -0.3 is 15.3 Å². The first-order chi connectivity index (χ1) is 15.0. The topological polar surface area (TPSA) is 69.6 Å². The number of benzene rings is 5. The first-order valence-corrected chi connectivity index (χ1v) is 9.87. The first-order valence-electron chi connectivity index (χ1n) is 9.87. The molecule has 5 rings (SSSR count). The lowest BCUT2D eigenvalue weighted by atomic mass is 9.93. The minimum Gasteiger partial charge on any atom is -0.478 e. The number of carbonyl (C=O) groups is 2. The molecule has 0 heterocycles. The third-order valence-electron chi connectivity index (χ3n) is 5.17. The molecule has 0 aromatic heterocycles. The Morgan fingerprint density at radius 2 is 1.35 bits per heavy atom. The zero-order chi connectivity index (χ0) is 22.0. The monoisotopic (exact) mass is 410 g/mol. The lowest BCUT2D eigenvalue weighted by Crippen LogP contribution is -2.06. The van der Waals surface area contributed by atoms with Crippen molar-refractivity contribution in [3.63, 3.8) is 0 Å². The summed E-state index contributed by atoms with van der Waals surface area (Å²) in [4.78, 5) is 22.4. The van der Waals surface area contributed by atoms with E-state index in [1.807, 2.05) is 12.1 Å². The van der Waals surface area contributed by atoms with Crippen LogP contribution < -0.4 is 5.32 Å². The van der Waals surface area contributed by atoms with E-state index in [1.165, 1.54) is 31.8 Å². The number of hydrogen-bond donors (Lipinski definition) is 2. The molecule has 5 aromatic rings. The average Bonchev–Trinajstić information content (AvgIpc) is 2.79. The first kappa shape index (κ1) is 20.2. The van der Waals surface area contributed by atoms with Crippen LogP contribution in [0.4, 0.5) is 11.4 Å². The summed E-state index contributed by atoms with van der Waals surface area (Å²) in [5, 5.41) is 19.9. The van der Waals surface area contributed by atoms with Crippen molar-refractivity contribution < 1.29 is 14.7 Å². The molecule has 1 amide bonds. The van der Waals surface area contributed by atoms with E-state index >= 15 is 0 Å². The Morgan fingerprint density at radius 3 is 2.00 bits per heavy atom. The average molecular weight is 410 g/mol. The SMILES string of the molecule is CN(C)C=O.O=C(O)c1ccccc1Nc1ccc2ccc3cccc4ccc1c2c34. The summed E-state index contributed by atoms with van der Waals surface area (Å²) >= 11 is 0. The van der Waals surface area contributed by atoms with Gasteiger partial charge in [0.05, 0.1) is 11.3 Å².